The molecule has 166 valence electrons. The van der Waals surface area contributed by atoms with Crippen molar-refractivity contribution < 1.29 is 24.2 Å². The predicted octanol–water partition coefficient (Wildman–Crippen LogP) is 4.56. The highest BCUT2D eigenvalue weighted by molar-refractivity contribution is 6.51. The minimum Gasteiger partial charge on any atom is -0.507 e. The number of Topliss-reactive ketones (excluding diaryl/α,β-unsaturated/α-hetero) is 1. The van der Waals surface area contributed by atoms with Crippen LogP contribution in [0.5, 0.6) is 11.5 Å². The zero-order valence-corrected chi connectivity index (χ0v) is 18.4. The maximum absolute atomic E-state index is 13.3. The lowest BCUT2D eigenvalue weighted by atomic mass is 9.92. The number of benzene rings is 3. The Hall–Kier alpha value is -4.06. The molecule has 3 aromatic carbocycles. The van der Waals surface area contributed by atoms with Gasteiger partial charge in [-0.3, -0.25) is 14.5 Å². The number of aliphatic hydroxyl groups excluding tert-OH is 1. The maximum Gasteiger partial charge on any atom is 0.300 e. The van der Waals surface area contributed by atoms with Gasteiger partial charge in [-0.25, -0.2) is 0 Å². The fourth-order valence-corrected chi connectivity index (χ4v) is 4.52. The smallest absolute Gasteiger partial charge is 0.300 e. The number of rotatable bonds is 4. The molecule has 1 fully saturated rings. The lowest BCUT2D eigenvalue weighted by Crippen LogP contribution is -2.29. The van der Waals surface area contributed by atoms with Crippen LogP contribution in [0.25, 0.3) is 5.76 Å². The first-order valence-corrected chi connectivity index (χ1v) is 10.8. The van der Waals surface area contributed by atoms with Crippen LogP contribution in [-0.2, 0) is 16.0 Å². The number of methoxy groups -OCH3 is 1. The van der Waals surface area contributed by atoms with E-state index in [4.69, 9.17) is 9.47 Å². The second-order valence-corrected chi connectivity index (χ2v) is 8.14. The third-order valence-corrected chi connectivity index (χ3v) is 6.24. The van der Waals surface area contributed by atoms with Gasteiger partial charge in [0.05, 0.1) is 25.3 Å². The summed E-state index contributed by atoms with van der Waals surface area (Å²) in [5, 5.41) is 11.3. The molecule has 1 saturated heterocycles. The van der Waals surface area contributed by atoms with E-state index in [1.165, 1.54) is 4.90 Å². The Labute approximate surface area is 191 Å². The summed E-state index contributed by atoms with van der Waals surface area (Å²) in [6.45, 7) is 2.51. The van der Waals surface area contributed by atoms with Crippen LogP contribution in [0.4, 0.5) is 5.69 Å². The number of carbonyl (C=O) groups is 2. The lowest BCUT2D eigenvalue weighted by molar-refractivity contribution is -0.132. The molecule has 1 unspecified atom stereocenters. The fraction of sp³-hybridized carbons (Fsp3) is 0.185. The van der Waals surface area contributed by atoms with Crippen molar-refractivity contribution in [3.63, 3.8) is 0 Å². The Morgan fingerprint density at radius 2 is 1.82 bits per heavy atom. The molecule has 1 atom stereocenters. The van der Waals surface area contributed by atoms with Crippen molar-refractivity contribution in [2.24, 2.45) is 0 Å². The number of ketones is 1. The highest BCUT2D eigenvalue weighted by atomic mass is 16.5. The van der Waals surface area contributed by atoms with Crippen LogP contribution in [0.3, 0.4) is 0 Å². The summed E-state index contributed by atoms with van der Waals surface area (Å²) in [5.41, 5.74) is 3.77. The number of nitrogens with zero attached hydrogens (tertiary/aromatic N) is 1. The summed E-state index contributed by atoms with van der Waals surface area (Å²) in [6, 6.07) is 19.1. The molecular weight excluding hydrogens is 418 g/mol. The molecule has 1 amide bonds. The Morgan fingerprint density at radius 3 is 2.55 bits per heavy atom. The molecule has 0 bridgehead atoms. The van der Waals surface area contributed by atoms with Gasteiger partial charge in [0.1, 0.15) is 17.3 Å². The summed E-state index contributed by atoms with van der Waals surface area (Å²) >= 11 is 0. The molecule has 33 heavy (non-hydrogen) atoms. The number of amides is 1. The van der Waals surface area contributed by atoms with Gasteiger partial charge in [-0.15, -0.1) is 0 Å². The zero-order chi connectivity index (χ0) is 23.1. The predicted molar refractivity (Wildman–Crippen MR) is 125 cm³/mol. The molecule has 0 aromatic heterocycles. The van der Waals surface area contributed by atoms with Gasteiger partial charge in [-0.1, -0.05) is 24.3 Å². The molecule has 0 spiro atoms. The van der Waals surface area contributed by atoms with Crippen LogP contribution in [-0.4, -0.2) is 30.5 Å². The molecule has 0 radical (unpaired) electrons. The summed E-state index contributed by atoms with van der Waals surface area (Å²) < 4.78 is 10.8. The highest BCUT2D eigenvalue weighted by Gasteiger charge is 2.47. The van der Waals surface area contributed by atoms with E-state index < -0.39 is 17.7 Å². The Bertz CT molecular complexity index is 1290. The number of aryl methyl sites for hydroxylation is 1. The standard InChI is InChI=1S/C27H23NO5/c1-16-5-3-4-6-21(16)24-23(25(29)18-7-12-22-17(15-18)13-14-33-22)26(30)27(31)28(24)19-8-10-20(32-2)11-9-19/h3-12,15,24,29H,13-14H2,1-2H3/b25-23+. The Morgan fingerprint density at radius 1 is 1.06 bits per heavy atom. The van der Waals surface area contributed by atoms with Crippen molar-refractivity contribution in [3.8, 4) is 11.5 Å². The van der Waals surface area contributed by atoms with E-state index >= 15 is 0 Å². The minimum absolute atomic E-state index is 0.0731. The average Bonchev–Trinajstić information content (AvgIpc) is 3.41. The second kappa shape index (κ2) is 8.13. The van der Waals surface area contributed by atoms with Gasteiger partial charge in [0.25, 0.3) is 11.7 Å². The molecule has 3 aromatic rings. The number of aliphatic hydroxyl groups is 1. The van der Waals surface area contributed by atoms with Gasteiger partial charge in [-0.2, -0.15) is 0 Å². The average molecular weight is 441 g/mol. The van der Waals surface area contributed by atoms with E-state index in [-0.39, 0.29) is 11.3 Å². The Kier molecular flexibility index (Phi) is 5.13. The number of carbonyl (C=O) groups excluding carboxylic acids is 2. The maximum atomic E-state index is 13.3. The van der Waals surface area contributed by atoms with Crippen LogP contribution in [0.1, 0.15) is 28.3 Å². The second-order valence-electron chi connectivity index (χ2n) is 8.14. The van der Waals surface area contributed by atoms with Crippen molar-refractivity contribution in [1.29, 1.82) is 0 Å². The summed E-state index contributed by atoms with van der Waals surface area (Å²) in [6.07, 6.45) is 0.734. The van der Waals surface area contributed by atoms with E-state index in [0.29, 0.717) is 23.6 Å². The van der Waals surface area contributed by atoms with Gasteiger partial charge in [0.15, 0.2) is 0 Å². The van der Waals surface area contributed by atoms with Crippen LogP contribution in [0.15, 0.2) is 72.3 Å². The molecule has 5 rings (SSSR count). The van der Waals surface area contributed by atoms with Gasteiger partial charge in [0.2, 0.25) is 0 Å². The summed E-state index contributed by atoms with van der Waals surface area (Å²) in [7, 11) is 1.57. The number of anilines is 1. The molecule has 6 heteroatoms. The quantitative estimate of drug-likeness (QED) is 0.365. The van der Waals surface area contributed by atoms with Crippen molar-refractivity contribution >= 4 is 23.1 Å². The van der Waals surface area contributed by atoms with E-state index in [1.54, 1.807) is 43.5 Å². The van der Waals surface area contributed by atoms with E-state index in [1.807, 2.05) is 37.3 Å². The van der Waals surface area contributed by atoms with Gasteiger partial charge in [-0.05, 0) is 66.1 Å². The monoisotopic (exact) mass is 441 g/mol. The lowest BCUT2D eigenvalue weighted by Gasteiger charge is -2.26. The van der Waals surface area contributed by atoms with Crippen LogP contribution in [0.2, 0.25) is 0 Å². The van der Waals surface area contributed by atoms with Crippen LogP contribution in [0, 0.1) is 6.92 Å². The summed E-state index contributed by atoms with van der Waals surface area (Å²) in [4.78, 5) is 28.0. The molecule has 2 aliphatic heterocycles. The number of hydrogen-bond donors (Lipinski definition) is 1. The Balaban J connectivity index is 1.70. The van der Waals surface area contributed by atoms with E-state index in [0.717, 1.165) is 28.9 Å². The van der Waals surface area contributed by atoms with E-state index in [2.05, 4.69) is 0 Å². The summed E-state index contributed by atoms with van der Waals surface area (Å²) in [5.74, 6) is -0.163. The van der Waals surface area contributed by atoms with Crippen LogP contribution < -0.4 is 14.4 Å². The van der Waals surface area contributed by atoms with Gasteiger partial charge < -0.3 is 14.6 Å². The van der Waals surface area contributed by atoms with Crippen LogP contribution >= 0.6 is 0 Å². The fourth-order valence-electron chi connectivity index (χ4n) is 4.52. The number of ether oxygens (including phenoxy) is 2. The number of hydrogen-bond acceptors (Lipinski definition) is 5. The molecule has 2 aliphatic rings. The number of fused-ring (bicyclic) bond motifs is 1. The largest absolute Gasteiger partial charge is 0.507 e. The molecule has 1 N–H and O–H groups in total. The molecule has 0 saturated carbocycles. The van der Waals surface area contributed by atoms with Crippen molar-refractivity contribution in [1.82, 2.24) is 0 Å². The first-order chi connectivity index (χ1) is 16.0. The molecule has 2 heterocycles. The molecule has 6 nitrogen and oxygen atoms in total. The minimum atomic E-state index is -0.760. The normalized spacial score (nSPS) is 18.8. The highest BCUT2D eigenvalue weighted by Crippen LogP contribution is 2.43. The zero-order valence-electron chi connectivity index (χ0n) is 18.4. The SMILES string of the molecule is COc1ccc(N2C(=O)C(=O)/C(=C(/O)c3ccc4c(c3)CCO4)C2c2ccccc2C)cc1. The first kappa shape index (κ1) is 20.8. The first-order valence-electron chi connectivity index (χ1n) is 10.8. The topological polar surface area (TPSA) is 76.1 Å². The van der Waals surface area contributed by atoms with Gasteiger partial charge >= 0.3 is 0 Å². The van der Waals surface area contributed by atoms with Crippen molar-refractivity contribution in [3.05, 3.63) is 94.6 Å². The van der Waals surface area contributed by atoms with Crippen molar-refractivity contribution in [2.75, 3.05) is 18.6 Å². The van der Waals surface area contributed by atoms with Crippen molar-refractivity contribution in [2.45, 2.75) is 19.4 Å². The van der Waals surface area contributed by atoms with E-state index in [9.17, 15) is 14.7 Å². The molecular formula is C27H23NO5. The molecule has 0 aliphatic carbocycles. The third-order valence-electron chi connectivity index (χ3n) is 6.24. The van der Waals surface area contributed by atoms with Gasteiger partial charge in [0, 0.05) is 17.7 Å². The third kappa shape index (κ3) is 3.44.